The molecule has 2 amide bonds. The van der Waals surface area contributed by atoms with Gasteiger partial charge in [0.25, 0.3) is 0 Å². The van der Waals surface area contributed by atoms with Crippen molar-refractivity contribution in [2.24, 2.45) is 0 Å². The normalized spacial score (nSPS) is 12.3. The first kappa shape index (κ1) is 29.6. The van der Waals surface area contributed by atoms with Crippen LogP contribution in [0.1, 0.15) is 23.6 Å². The van der Waals surface area contributed by atoms with E-state index in [0.29, 0.717) is 22.2 Å². The van der Waals surface area contributed by atoms with Crippen molar-refractivity contribution in [1.82, 2.24) is 14.5 Å². The molecule has 0 aliphatic heterocycles. The zero-order valence-corrected chi connectivity index (χ0v) is 23.9. The molecule has 0 spiro atoms. The summed E-state index contributed by atoms with van der Waals surface area (Å²) in [5.74, 6) is -0.866. The van der Waals surface area contributed by atoms with Gasteiger partial charge in [0.2, 0.25) is 21.8 Å². The number of sulfonamides is 1. The number of hydrogen-bond acceptors (Lipinski definition) is 4. The molecule has 10 heteroatoms. The van der Waals surface area contributed by atoms with Gasteiger partial charge in [0, 0.05) is 26.6 Å². The lowest BCUT2D eigenvalue weighted by atomic mass is 10.0. The molecular weight excluding hydrogens is 545 g/mol. The predicted molar refractivity (Wildman–Crippen MR) is 151 cm³/mol. The molecule has 0 unspecified atom stereocenters. The van der Waals surface area contributed by atoms with E-state index in [1.807, 2.05) is 37.3 Å². The van der Waals surface area contributed by atoms with Gasteiger partial charge in [-0.25, -0.2) is 8.42 Å². The van der Waals surface area contributed by atoms with Gasteiger partial charge in [0.05, 0.1) is 21.5 Å². The van der Waals surface area contributed by atoms with Gasteiger partial charge in [-0.1, -0.05) is 77.3 Å². The quantitative estimate of drug-likeness (QED) is 0.359. The third-order valence-electron chi connectivity index (χ3n) is 6.05. The molecule has 3 aromatic carbocycles. The fourth-order valence-electron chi connectivity index (χ4n) is 3.94. The van der Waals surface area contributed by atoms with E-state index in [2.05, 4.69) is 5.32 Å². The fraction of sp³-hybridized carbons (Fsp3) is 0.286. The number of benzene rings is 3. The highest BCUT2D eigenvalue weighted by atomic mass is 35.5. The maximum atomic E-state index is 13.8. The Morgan fingerprint density at radius 3 is 2.18 bits per heavy atom. The summed E-state index contributed by atoms with van der Waals surface area (Å²) < 4.78 is 27.4. The topological polar surface area (TPSA) is 86.8 Å². The van der Waals surface area contributed by atoms with Crippen LogP contribution in [0, 0.1) is 6.92 Å². The van der Waals surface area contributed by atoms with Gasteiger partial charge < -0.3 is 10.2 Å². The summed E-state index contributed by atoms with van der Waals surface area (Å²) in [5, 5.41) is 3.49. The van der Waals surface area contributed by atoms with E-state index in [1.165, 1.54) is 24.1 Å². The fourth-order valence-corrected chi connectivity index (χ4v) is 5.38. The Kier molecular flexibility index (Phi) is 10.3. The van der Waals surface area contributed by atoms with E-state index in [4.69, 9.17) is 23.2 Å². The van der Waals surface area contributed by atoms with Crippen molar-refractivity contribution >= 4 is 45.0 Å². The largest absolute Gasteiger partial charge is 0.355 e. The van der Waals surface area contributed by atoms with Gasteiger partial charge in [0.15, 0.2) is 0 Å². The van der Waals surface area contributed by atoms with Crippen molar-refractivity contribution in [3.63, 3.8) is 0 Å². The minimum Gasteiger partial charge on any atom is -0.355 e. The Balaban J connectivity index is 1.97. The summed E-state index contributed by atoms with van der Waals surface area (Å²) >= 11 is 12.3. The number of nitrogens with zero attached hydrogens (tertiary/aromatic N) is 2. The van der Waals surface area contributed by atoms with Crippen molar-refractivity contribution in [1.29, 1.82) is 0 Å². The first-order chi connectivity index (χ1) is 18.0. The van der Waals surface area contributed by atoms with Crippen molar-refractivity contribution in [2.75, 3.05) is 20.1 Å². The minimum absolute atomic E-state index is 0.0305. The number of hydrogen-bond donors (Lipinski definition) is 1. The van der Waals surface area contributed by atoms with E-state index in [1.54, 1.807) is 37.3 Å². The average molecular weight is 577 g/mol. The van der Waals surface area contributed by atoms with Gasteiger partial charge in [0.1, 0.15) is 6.04 Å². The van der Waals surface area contributed by atoms with Crippen LogP contribution in [-0.2, 0) is 32.6 Å². The van der Waals surface area contributed by atoms with E-state index in [0.717, 1.165) is 15.4 Å². The maximum absolute atomic E-state index is 13.8. The van der Waals surface area contributed by atoms with Crippen LogP contribution in [0.15, 0.2) is 77.7 Å². The molecule has 7 nitrogen and oxygen atoms in total. The van der Waals surface area contributed by atoms with Gasteiger partial charge in [-0.2, -0.15) is 4.31 Å². The van der Waals surface area contributed by atoms with Crippen LogP contribution in [0.4, 0.5) is 0 Å². The first-order valence-corrected chi connectivity index (χ1v) is 14.3. The molecule has 1 N–H and O–H groups in total. The lowest BCUT2D eigenvalue weighted by Crippen LogP contribution is -2.53. The summed E-state index contributed by atoms with van der Waals surface area (Å²) in [6, 6.07) is 19.8. The Hall–Kier alpha value is -2.91. The molecule has 0 aromatic heterocycles. The molecule has 0 bridgehead atoms. The summed E-state index contributed by atoms with van der Waals surface area (Å²) in [6.45, 7) is 3.61. The maximum Gasteiger partial charge on any atom is 0.243 e. The van der Waals surface area contributed by atoms with E-state index in [-0.39, 0.29) is 23.8 Å². The highest BCUT2D eigenvalue weighted by Crippen LogP contribution is 2.25. The lowest BCUT2D eigenvalue weighted by molar-refractivity contribution is -0.141. The molecule has 0 fully saturated rings. The molecule has 3 aromatic rings. The second-order valence-corrected chi connectivity index (χ2v) is 11.8. The smallest absolute Gasteiger partial charge is 0.243 e. The first-order valence-electron chi connectivity index (χ1n) is 12.1. The zero-order valence-electron chi connectivity index (χ0n) is 21.5. The van der Waals surface area contributed by atoms with Gasteiger partial charge >= 0.3 is 0 Å². The standard InChI is InChI=1S/C28H31Cl2N3O4S/c1-4-31-28(35)26(17-21-8-6-5-7-9-21)33(18-22-12-15-24(29)25(30)16-22)27(34)19-32(3)38(36,37)23-13-10-20(2)11-14-23/h5-16,26H,4,17-19H2,1-3H3,(H,31,35)/t26-/m1/s1. The number of likely N-dealkylation sites (N-methyl/N-ethyl adjacent to an activating group) is 2. The molecule has 0 aliphatic rings. The Labute approximate surface area is 234 Å². The summed E-state index contributed by atoms with van der Waals surface area (Å²) in [5.41, 5.74) is 2.43. The van der Waals surface area contributed by atoms with E-state index >= 15 is 0 Å². The van der Waals surface area contributed by atoms with Gasteiger partial charge in [-0.05, 0) is 49.2 Å². The van der Waals surface area contributed by atoms with E-state index in [9.17, 15) is 18.0 Å². The molecule has 38 heavy (non-hydrogen) atoms. The third-order valence-corrected chi connectivity index (χ3v) is 8.60. The average Bonchev–Trinajstić information content (AvgIpc) is 2.89. The summed E-state index contributed by atoms with van der Waals surface area (Å²) in [6.07, 6.45) is 0.244. The van der Waals surface area contributed by atoms with Crippen molar-refractivity contribution in [2.45, 2.75) is 37.8 Å². The summed E-state index contributed by atoms with van der Waals surface area (Å²) in [4.78, 5) is 28.5. The Morgan fingerprint density at radius 1 is 0.921 bits per heavy atom. The van der Waals surface area contributed by atoms with Crippen molar-refractivity contribution in [3.8, 4) is 0 Å². The van der Waals surface area contributed by atoms with Gasteiger partial charge in [-0.3, -0.25) is 9.59 Å². The molecule has 0 saturated heterocycles. The summed E-state index contributed by atoms with van der Waals surface area (Å²) in [7, 11) is -2.59. The van der Waals surface area contributed by atoms with E-state index < -0.39 is 28.5 Å². The SMILES string of the molecule is CCNC(=O)[C@@H](Cc1ccccc1)N(Cc1ccc(Cl)c(Cl)c1)C(=O)CN(C)S(=O)(=O)c1ccc(C)cc1. The van der Waals surface area contributed by atoms with Crippen LogP contribution in [-0.4, -0.2) is 55.6 Å². The number of rotatable bonds is 11. The number of halogens is 2. The minimum atomic E-state index is -3.94. The second kappa shape index (κ2) is 13.2. The Morgan fingerprint density at radius 2 is 1.58 bits per heavy atom. The monoisotopic (exact) mass is 575 g/mol. The lowest BCUT2D eigenvalue weighted by Gasteiger charge is -2.32. The molecule has 0 heterocycles. The Bertz CT molecular complexity index is 1370. The molecule has 1 atom stereocenters. The molecule has 0 aliphatic carbocycles. The number of amides is 2. The molecule has 202 valence electrons. The highest BCUT2D eigenvalue weighted by molar-refractivity contribution is 7.89. The predicted octanol–water partition coefficient (Wildman–Crippen LogP) is 4.70. The van der Waals surface area contributed by atoms with Crippen LogP contribution in [0.5, 0.6) is 0 Å². The number of carbonyl (C=O) groups is 2. The molecule has 0 saturated carbocycles. The third kappa shape index (κ3) is 7.57. The van der Waals surface area contributed by atoms with Crippen LogP contribution in [0.25, 0.3) is 0 Å². The van der Waals surface area contributed by atoms with Crippen LogP contribution in [0.2, 0.25) is 10.0 Å². The highest BCUT2D eigenvalue weighted by Gasteiger charge is 2.33. The van der Waals surface area contributed by atoms with Crippen LogP contribution in [0.3, 0.4) is 0 Å². The van der Waals surface area contributed by atoms with Crippen LogP contribution < -0.4 is 5.32 Å². The van der Waals surface area contributed by atoms with Crippen molar-refractivity contribution < 1.29 is 18.0 Å². The molecule has 3 rings (SSSR count). The van der Waals surface area contributed by atoms with Gasteiger partial charge in [-0.15, -0.1) is 0 Å². The second-order valence-electron chi connectivity index (χ2n) is 8.94. The van der Waals surface area contributed by atoms with Crippen molar-refractivity contribution in [3.05, 3.63) is 99.5 Å². The molecular formula is C28H31Cl2N3O4S. The number of aryl methyl sites for hydroxylation is 1. The zero-order chi connectivity index (χ0) is 27.9. The number of nitrogens with one attached hydrogen (secondary N) is 1. The molecule has 0 radical (unpaired) electrons. The number of carbonyl (C=O) groups excluding carboxylic acids is 2. The van der Waals surface area contributed by atoms with Crippen LogP contribution >= 0.6 is 23.2 Å².